The minimum atomic E-state index is -0.943. The van der Waals surface area contributed by atoms with Crippen molar-refractivity contribution in [1.29, 1.82) is 0 Å². The number of aliphatic carboxylic acids is 1. The Balaban J connectivity index is 2.02. The molecule has 0 spiro atoms. The maximum Gasteiger partial charge on any atom is 0.303 e. The molecule has 0 atom stereocenters. The van der Waals surface area contributed by atoms with Gasteiger partial charge in [-0.25, -0.2) is 4.39 Å². The van der Waals surface area contributed by atoms with Gasteiger partial charge in [-0.05, 0) is 25.0 Å². The number of unbranched alkanes of at least 4 members (excludes halogenated alkanes) is 5. The SMILES string of the molecule is O=C(O)CCCCCCCCOc1cccc(F)c1F. The lowest BCUT2D eigenvalue weighted by molar-refractivity contribution is -0.137. The van der Waals surface area contributed by atoms with E-state index in [-0.39, 0.29) is 12.2 Å². The van der Waals surface area contributed by atoms with Crippen molar-refractivity contribution in [2.45, 2.75) is 44.9 Å². The van der Waals surface area contributed by atoms with Gasteiger partial charge >= 0.3 is 5.97 Å². The predicted octanol–water partition coefficient (Wildman–Crippen LogP) is 4.16. The quantitative estimate of drug-likeness (QED) is 0.657. The molecule has 0 unspecified atom stereocenters. The van der Waals surface area contributed by atoms with Gasteiger partial charge in [0.1, 0.15) is 0 Å². The first-order valence-corrected chi connectivity index (χ1v) is 6.90. The lowest BCUT2D eigenvalue weighted by Gasteiger charge is -2.07. The second-order valence-corrected chi connectivity index (χ2v) is 4.67. The Labute approximate surface area is 117 Å². The minimum absolute atomic E-state index is 0.0496. The van der Waals surface area contributed by atoms with Crippen molar-refractivity contribution in [3.63, 3.8) is 0 Å². The minimum Gasteiger partial charge on any atom is -0.490 e. The van der Waals surface area contributed by atoms with Gasteiger partial charge in [0.2, 0.25) is 5.82 Å². The summed E-state index contributed by atoms with van der Waals surface area (Å²) in [5.74, 6) is -2.65. The van der Waals surface area contributed by atoms with Crippen LogP contribution in [0.4, 0.5) is 8.78 Å². The van der Waals surface area contributed by atoms with Crippen LogP contribution in [0.25, 0.3) is 0 Å². The van der Waals surface area contributed by atoms with Crippen LogP contribution in [-0.2, 0) is 4.79 Å². The third kappa shape index (κ3) is 6.50. The molecule has 1 aromatic carbocycles. The summed E-state index contributed by atoms with van der Waals surface area (Å²) in [6.07, 6.45) is 5.53. The van der Waals surface area contributed by atoms with Gasteiger partial charge in [0.25, 0.3) is 0 Å². The molecule has 0 aromatic heterocycles. The van der Waals surface area contributed by atoms with Gasteiger partial charge < -0.3 is 9.84 Å². The van der Waals surface area contributed by atoms with Crippen LogP contribution in [0.3, 0.4) is 0 Å². The average molecular weight is 286 g/mol. The third-order valence-corrected chi connectivity index (χ3v) is 2.96. The highest BCUT2D eigenvalue weighted by Gasteiger charge is 2.07. The molecule has 3 nitrogen and oxygen atoms in total. The van der Waals surface area contributed by atoms with E-state index in [0.717, 1.165) is 38.2 Å². The second-order valence-electron chi connectivity index (χ2n) is 4.67. The van der Waals surface area contributed by atoms with E-state index in [1.54, 1.807) is 0 Å². The number of hydrogen-bond donors (Lipinski definition) is 1. The first kappa shape index (κ1) is 16.4. The summed E-state index contributed by atoms with van der Waals surface area (Å²) in [7, 11) is 0. The van der Waals surface area contributed by atoms with Crippen molar-refractivity contribution in [1.82, 2.24) is 0 Å². The normalized spacial score (nSPS) is 10.5. The first-order valence-electron chi connectivity index (χ1n) is 6.90. The lowest BCUT2D eigenvalue weighted by atomic mass is 10.1. The Hall–Kier alpha value is -1.65. The highest BCUT2D eigenvalue weighted by molar-refractivity contribution is 5.66. The van der Waals surface area contributed by atoms with E-state index in [0.29, 0.717) is 13.0 Å². The maximum absolute atomic E-state index is 13.2. The van der Waals surface area contributed by atoms with E-state index in [2.05, 4.69) is 0 Å². The van der Waals surface area contributed by atoms with Crippen LogP contribution < -0.4 is 4.74 Å². The average Bonchev–Trinajstić information content (AvgIpc) is 2.41. The Morgan fingerprint density at radius 2 is 1.70 bits per heavy atom. The van der Waals surface area contributed by atoms with Crippen LogP contribution in [-0.4, -0.2) is 17.7 Å². The molecule has 0 aliphatic rings. The zero-order chi connectivity index (χ0) is 14.8. The van der Waals surface area contributed by atoms with Gasteiger partial charge in [0.05, 0.1) is 6.61 Å². The molecule has 0 fully saturated rings. The Morgan fingerprint density at radius 1 is 1.05 bits per heavy atom. The van der Waals surface area contributed by atoms with Crippen molar-refractivity contribution >= 4 is 5.97 Å². The molecule has 0 saturated carbocycles. The fourth-order valence-electron chi connectivity index (χ4n) is 1.86. The van der Waals surface area contributed by atoms with Crippen LogP contribution in [0, 0.1) is 11.6 Å². The second kappa shape index (κ2) is 9.28. The molecule has 5 heteroatoms. The van der Waals surface area contributed by atoms with Gasteiger partial charge in [-0.3, -0.25) is 4.79 Å². The molecule has 0 aliphatic heterocycles. The largest absolute Gasteiger partial charge is 0.490 e. The Morgan fingerprint density at radius 3 is 2.40 bits per heavy atom. The molecule has 0 aliphatic carbocycles. The van der Waals surface area contributed by atoms with E-state index < -0.39 is 17.6 Å². The third-order valence-electron chi connectivity index (χ3n) is 2.96. The number of benzene rings is 1. The fourth-order valence-corrected chi connectivity index (χ4v) is 1.86. The summed E-state index contributed by atoms with van der Waals surface area (Å²) in [6, 6.07) is 3.87. The van der Waals surface area contributed by atoms with E-state index >= 15 is 0 Å². The smallest absolute Gasteiger partial charge is 0.303 e. The zero-order valence-corrected chi connectivity index (χ0v) is 11.4. The molecule has 112 valence electrons. The Bertz CT molecular complexity index is 422. The number of hydrogen-bond acceptors (Lipinski definition) is 2. The van der Waals surface area contributed by atoms with Crippen molar-refractivity contribution in [2.75, 3.05) is 6.61 Å². The van der Waals surface area contributed by atoms with E-state index in [9.17, 15) is 13.6 Å². The first-order chi connectivity index (χ1) is 9.61. The highest BCUT2D eigenvalue weighted by Crippen LogP contribution is 2.19. The lowest BCUT2D eigenvalue weighted by Crippen LogP contribution is -2.00. The monoisotopic (exact) mass is 286 g/mol. The summed E-state index contributed by atoms with van der Waals surface area (Å²) in [6.45, 7) is 0.357. The number of carboxylic acids is 1. The topological polar surface area (TPSA) is 46.5 Å². The van der Waals surface area contributed by atoms with Crippen LogP contribution in [0.2, 0.25) is 0 Å². The van der Waals surface area contributed by atoms with Crippen LogP contribution in [0.15, 0.2) is 18.2 Å². The van der Waals surface area contributed by atoms with Crippen molar-refractivity contribution in [3.05, 3.63) is 29.8 Å². The van der Waals surface area contributed by atoms with Gasteiger partial charge in [0.15, 0.2) is 11.6 Å². The van der Waals surface area contributed by atoms with Crippen molar-refractivity contribution in [3.8, 4) is 5.75 Å². The molecule has 0 amide bonds. The van der Waals surface area contributed by atoms with Gasteiger partial charge in [-0.1, -0.05) is 31.7 Å². The Kier molecular flexibility index (Phi) is 7.62. The predicted molar refractivity (Wildman–Crippen MR) is 71.8 cm³/mol. The molecule has 0 bridgehead atoms. The van der Waals surface area contributed by atoms with Crippen molar-refractivity contribution in [2.24, 2.45) is 0 Å². The fraction of sp³-hybridized carbons (Fsp3) is 0.533. The zero-order valence-electron chi connectivity index (χ0n) is 11.4. The molecule has 1 aromatic rings. The highest BCUT2D eigenvalue weighted by atomic mass is 19.2. The van der Waals surface area contributed by atoms with E-state index in [4.69, 9.17) is 9.84 Å². The molecule has 1 N–H and O–H groups in total. The maximum atomic E-state index is 13.2. The molecule has 0 radical (unpaired) electrons. The summed E-state index contributed by atoms with van der Waals surface area (Å²) in [5.41, 5.74) is 0. The van der Waals surface area contributed by atoms with Gasteiger partial charge in [0, 0.05) is 6.42 Å². The molecule has 0 heterocycles. The molecular formula is C15H20F2O3. The molecule has 20 heavy (non-hydrogen) atoms. The summed E-state index contributed by atoms with van der Waals surface area (Å²) in [5, 5.41) is 8.46. The number of carboxylic acid groups (broad SMARTS) is 1. The van der Waals surface area contributed by atoms with E-state index in [1.807, 2.05) is 0 Å². The van der Waals surface area contributed by atoms with Crippen molar-refractivity contribution < 1.29 is 23.4 Å². The van der Waals surface area contributed by atoms with Crippen LogP contribution in [0.5, 0.6) is 5.75 Å². The van der Waals surface area contributed by atoms with Gasteiger partial charge in [-0.15, -0.1) is 0 Å². The van der Waals surface area contributed by atoms with Crippen LogP contribution in [0.1, 0.15) is 44.9 Å². The van der Waals surface area contributed by atoms with Crippen LogP contribution >= 0.6 is 0 Å². The molecular weight excluding hydrogens is 266 g/mol. The number of halogens is 2. The molecule has 1 rings (SSSR count). The summed E-state index contributed by atoms with van der Waals surface area (Å²) in [4.78, 5) is 10.3. The summed E-state index contributed by atoms with van der Waals surface area (Å²) >= 11 is 0. The van der Waals surface area contributed by atoms with Gasteiger partial charge in [-0.2, -0.15) is 4.39 Å². The van der Waals surface area contributed by atoms with E-state index in [1.165, 1.54) is 12.1 Å². The number of carbonyl (C=O) groups is 1. The number of rotatable bonds is 10. The standard InChI is InChI=1S/C15H20F2O3/c16-12-8-7-9-13(15(12)17)20-11-6-4-2-1-3-5-10-14(18)19/h7-9H,1-6,10-11H2,(H,18,19). The molecule has 0 saturated heterocycles. The summed E-state index contributed by atoms with van der Waals surface area (Å²) < 4.78 is 31.3. The number of ether oxygens (including phenoxy) is 1.